The highest BCUT2D eigenvalue weighted by Crippen LogP contribution is 2.36. The Morgan fingerprint density at radius 3 is 1.74 bits per heavy atom. The lowest BCUT2D eigenvalue weighted by atomic mass is 9.90. The van der Waals surface area contributed by atoms with Crippen LogP contribution in [0.2, 0.25) is 0 Å². The minimum absolute atomic E-state index is 0.0468. The minimum Gasteiger partial charge on any atom is -0.400 e. The van der Waals surface area contributed by atoms with Crippen LogP contribution in [0.5, 0.6) is 0 Å². The van der Waals surface area contributed by atoms with Gasteiger partial charge in [-0.15, -0.1) is 6.58 Å². The van der Waals surface area contributed by atoms with Gasteiger partial charge in [0, 0.05) is 39.8 Å². The molecule has 0 amide bonds. The van der Waals surface area contributed by atoms with Crippen LogP contribution < -0.4 is 10.9 Å². The number of benzene rings is 2. The van der Waals surface area contributed by atoms with E-state index in [9.17, 15) is 9.59 Å². The molecule has 0 spiro atoms. The van der Waals surface area contributed by atoms with Gasteiger partial charge in [0.1, 0.15) is 0 Å². The van der Waals surface area contributed by atoms with Gasteiger partial charge in [0.2, 0.25) is 0 Å². The molecule has 2 aromatic carbocycles. The summed E-state index contributed by atoms with van der Waals surface area (Å²) in [5.41, 5.74) is 4.57. The number of aromatic amines is 2. The van der Waals surface area contributed by atoms with Crippen molar-refractivity contribution < 1.29 is 9.31 Å². The molecule has 0 unspecified atom stereocenters. The average molecular weight is 577 g/mol. The number of hydrogen-bond donors (Lipinski definition) is 2. The maximum absolute atomic E-state index is 11.5. The van der Waals surface area contributed by atoms with Gasteiger partial charge >= 0.3 is 7.12 Å². The fraction of sp³-hybridized carbons (Fsp3) is 0.267. The number of nitrogens with one attached hydrogen (secondary N) is 2. The molecule has 2 aromatic heterocycles. The van der Waals surface area contributed by atoms with Crippen LogP contribution in [0, 0.1) is 13.8 Å². The molecule has 0 saturated carbocycles. The zero-order valence-corrected chi connectivity index (χ0v) is 24.4. The molecule has 0 atom stereocenters. The van der Waals surface area contributed by atoms with Crippen LogP contribution >= 0.6 is 15.9 Å². The van der Waals surface area contributed by atoms with Crippen molar-refractivity contribution in [3.63, 3.8) is 0 Å². The summed E-state index contributed by atoms with van der Waals surface area (Å²) in [5, 5.41) is 1.46. The summed E-state index contributed by atoms with van der Waals surface area (Å²) in [7, 11) is -0.250. The van der Waals surface area contributed by atoms with E-state index in [4.69, 9.17) is 9.31 Å². The number of rotatable bonds is 2. The van der Waals surface area contributed by atoms with Gasteiger partial charge in [-0.05, 0) is 82.5 Å². The Bertz CT molecular complexity index is 1590. The molecule has 3 heterocycles. The molecule has 0 bridgehead atoms. The first-order valence-corrected chi connectivity index (χ1v) is 13.1. The highest BCUT2D eigenvalue weighted by Gasteiger charge is 2.49. The number of hydrogen-bond acceptors (Lipinski definition) is 4. The fourth-order valence-electron chi connectivity index (χ4n) is 4.01. The van der Waals surface area contributed by atoms with Gasteiger partial charge in [-0.2, -0.15) is 0 Å². The fourth-order valence-corrected chi connectivity index (χ4v) is 4.59. The molecule has 8 heteroatoms. The lowest BCUT2D eigenvalue weighted by Gasteiger charge is -2.32. The standard InChI is InChI=1S/C12H11NO.C10H8BrNO.C8H15BO2/c1-3-9-6-8(2)12-10(7-9)11(14)4-5-13-12;1-6-4-7(11)5-8-9(13)2-3-12-10(6)8;1-6-9-10-7(2,3)8(4,5)11-9/h3-7H,1H2,2H3,(H,13,14);2-5H,1H3,(H,12,13);6H,1H2,2-5H3. The number of fused-ring (bicyclic) bond motifs is 2. The predicted molar refractivity (Wildman–Crippen MR) is 163 cm³/mol. The summed E-state index contributed by atoms with van der Waals surface area (Å²) in [5.74, 6) is 1.68. The first kappa shape index (κ1) is 29.4. The quantitative estimate of drug-likeness (QED) is 0.255. The van der Waals surface area contributed by atoms with Crippen molar-refractivity contribution in [3.05, 3.63) is 110 Å². The topological polar surface area (TPSA) is 84.2 Å². The summed E-state index contributed by atoms with van der Waals surface area (Å²) < 4.78 is 12.1. The SMILES string of the molecule is C=CB1OC(C)(C)C(C)(C)O1.C=Cc1cc(C)c2[nH]ccc(=O)c2c1.Cc1cc(Br)cc2c(=O)cc[nH]c12. The van der Waals surface area contributed by atoms with Crippen molar-refractivity contribution in [1.82, 2.24) is 9.97 Å². The normalized spacial score (nSPS) is 15.3. The first-order valence-electron chi connectivity index (χ1n) is 12.3. The van der Waals surface area contributed by atoms with Gasteiger partial charge in [0.25, 0.3) is 0 Å². The Labute approximate surface area is 232 Å². The number of pyridine rings is 2. The summed E-state index contributed by atoms with van der Waals surface area (Å²) in [6.45, 7) is 19.4. The van der Waals surface area contributed by atoms with Crippen molar-refractivity contribution in [1.29, 1.82) is 0 Å². The van der Waals surface area contributed by atoms with Gasteiger partial charge in [-0.1, -0.05) is 34.6 Å². The molecule has 198 valence electrons. The van der Waals surface area contributed by atoms with Crippen LogP contribution in [-0.2, 0) is 9.31 Å². The van der Waals surface area contributed by atoms with Gasteiger partial charge in [0.05, 0.1) is 22.2 Å². The third-order valence-electron chi connectivity index (χ3n) is 6.81. The third-order valence-corrected chi connectivity index (χ3v) is 7.27. The second kappa shape index (κ2) is 11.7. The molecule has 0 radical (unpaired) electrons. The zero-order chi connectivity index (χ0) is 28.3. The Morgan fingerprint density at radius 2 is 1.29 bits per heavy atom. The van der Waals surface area contributed by atoms with Crippen LogP contribution in [0.1, 0.15) is 44.4 Å². The predicted octanol–water partition coefficient (Wildman–Crippen LogP) is 6.88. The molecule has 2 N–H and O–H groups in total. The molecule has 38 heavy (non-hydrogen) atoms. The van der Waals surface area contributed by atoms with E-state index in [0.29, 0.717) is 0 Å². The van der Waals surface area contributed by atoms with E-state index in [2.05, 4.69) is 39.1 Å². The zero-order valence-electron chi connectivity index (χ0n) is 22.8. The molecule has 0 aliphatic carbocycles. The molecule has 1 aliphatic rings. The van der Waals surface area contributed by atoms with E-state index in [1.54, 1.807) is 24.4 Å². The van der Waals surface area contributed by atoms with Crippen molar-refractivity contribution in [2.24, 2.45) is 0 Å². The second-order valence-electron chi connectivity index (χ2n) is 10.2. The Kier molecular flexibility index (Phi) is 9.03. The Morgan fingerprint density at radius 1 is 0.816 bits per heavy atom. The molecule has 1 aliphatic heterocycles. The highest BCUT2D eigenvalue weighted by molar-refractivity contribution is 9.10. The summed E-state index contributed by atoms with van der Waals surface area (Å²) >= 11 is 3.36. The Hall–Kier alpha value is -3.20. The molecule has 1 fully saturated rings. The van der Waals surface area contributed by atoms with Crippen molar-refractivity contribution in [2.45, 2.75) is 52.7 Å². The van der Waals surface area contributed by atoms with Crippen LogP contribution in [0.3, 0.4) is 0 Å². The molecule has 5 rings (SSSR count). The van der Waals surface area contributed by atoms with Gasteiger partial charge < -0.3 is 19.3 Å². The lowest BCUT2D eigenvalue weighted by Crippen LogP contribution is -2.41. The number of aryl methyl sites for hydroxylation is 2. The van der Waals surface area contributed by atoms with Gasteiger partial charge in [-0.3, -0.25) is 9.59 Å². The largest absolute Gasteiger partial charge is 0.486 e. The van der Waals surface area contributed by atoms with E-state index >= 15 is 0 Å². The number of H-pyrrole nitrogens is 2. The molecule has 4 aromatic rings. The van der Waals surface area contributed by atoms with E-state index < -0.39 is 0 Å². The van der Waals surface area contributed by atoms with E-state index in [1.807, 2.05) is 65.8 Å². The van der Waals surface area contributed by atoms with Crippen LogP contribution in [0.25, 0.3) is 27.9 Å². The van der Waals surface area contributed by atoms with E-state index in [-0.39, 0.29) is 29.2 Å². The molecular weight excluding hydrogens is 543 g/mol. The smallest absolute Gasteiger partial charge is 0.400 e. The molecule has 1 saturated heterocycles. The van der Waals surface area contributed by atoms with Crippen molar-refractivity contribution >= 4 is 50.9 Å². The highest BCUT2D eigenvalue weighted by atomic mass is 79.9. The summed E-state index contributed by atoms with van der Waals surface area (Å²) in [6, 6.07) is 10.8. The summed E-state index contributed by atoms with van der Waals surface area (Å²) in [4.78, 5) is 29.1. The molecular formula is C30H34BBrN2O4. The van der Waals surface area contributed by atoms with Crippen LogP contribution in [0.4, 0.5) is 0 Å². The number of aromatic nitrogens is 2. The maximum Gasteiger partial charge on any atom is 0.486 e. The second-order valence-corrected chi connectivity index (χ2v) is 11.1. The third kappa shape index (κ3) is 6.44. The van der Waals surface area contributed by atoms with Crippen LogP contribution in [-0.4, -0.2) is 28.3 Å². The summed E-state index contributed by atoms with van der Waals surface area (Å²) in [6.07, 6.45) is 5.09. The average Bonchev–Trinajstić information content (AvgIpc) is 3.07. The Balaban J connectivity index is 0.000000159. The maximum atomic E-state index is 11.5. The van der Waals surface area contributed by atoms with E-state index in [1.165, 1.54) is 12.1 Å². The molecule has 6 nitrogen and oxygen atoms in total. The number of halogens is 1. The first-order chi connectivity index (χ1) is 17.8. The van der Waals surface area contributed by atoms with Crippen LogP contribution in [0.15, 0.2) is 82.0 Å². The van der Waals surface area contributed by atoms with Crippen molar-refractivity contribution in [3.8, 4) is 0 Å². The van der Waals surface area contributed by atoms with E-state index in [0.717, 1.165) is 43.0 Å². The minimum atomic E-state index is -0.250. The monoisotopic (exact) mass is 576 g/mol. The van der Waals surface area contributed by atoms with Crippen molar-refractivity contribution in [2.75, 3.05) is 0 Å². The van der Waals surface area contributed by atoms with Gasteiger partial charge in [0.15, 0.2) is 10.9 Å². The van der Waals surface area contributed by atoms with Gasteiger partial charge in [-0.25, -0.2) is 0 Å². The lowest BCUT2D eigenvalue weighted by molar-refractivity contribution is 0.00578.